The summed E-state index contributed by atoms with van der Waals surface area (Å²) >= 11 is 0. The minimum absolute atomic E-state index is 0.0558. The zero-order chi connectivity index (χ0) is 16.7. The molecular formula is C17H19FN2O3. The molecule has 2 amide bonds. The van der Waals surface area contributed by atoms with E-state index in [1.165, 1.54) is 25.3 Å². The lowest BCUT2D eigenvalue weighted by Gasteiger charge is -2.19. The second-order valence-corrected chi connectivity index (χ2v) is 4.92. The fraction of sp³-hybridized carbons (Fsp3) is 0.235. The number of hydrogen-bond acceptors (Lipinski definition) is 3. The second kappa shape index (κ2) is 8.14. The second-order valence-electron chi connectivity index (χ2n) is 4.92. The summed E-state index contributed by atoms with van der Waals surface area (Å²) in [5.74, 6) is -0.214. The SMILES string of the molecule is COc1cc(F)ccc1NC(=O)N[C@H](CCO)c1ccccc1. The summed E-state index contributed by atoms with van der Waals surface area (Å²) in [4.78, 5) is 12.2. The first-order chi connectivity index (χ1) is 11.1. The number of rotatable bonds is 6. The number of amides is 2. The normalized spacial score (nSPS) is 11.6. The van der Waals surface area contributed by atoms with Crippen LogP contribution in [-0.2, 0) is 0 Å². The Balaban J connectivity index is 2.08. The number of nitrogens with one attached hydrogen (secondary N) is 2. The molecule has 0 aliphatic rings. The van der Waals surface area contributed by atoms with Crippen LogP contribution in [0.15, 0.2) is 48.5 Å². The topological polar surface area (TPSA) is 70.6 Å². The Kier molecular flexibility index (Phi) is 5.94. The largest absolute Gasteiger partial charge is 0.494 e. The van der Waals surface area contributed by atoms with Crippen LogP contribution in [0.3, 0.4) is 0 Å². The fourth-order valence-electron chi connectivity index (χ4n) is 2.22. The Morgan fingerprint density at radius 3 is 2.65 bits per heavy atom. The number of benzene rings is 2. The van der Waals surface area contributed by atoms with Crippen molar-refractivity contribution in [2.24, 2.45) is 0 Å². The molecule has 122 valence electrons. The van der Waals surface area contributed by atoms with Crippen LogP contribution in [0, 0.1) is 5.82 Å². The molecule has 0 heterocycles. The van der Waals surface area contributed by atoms with E-state index in [2.05, 4.69) is 10.6 Å². The number of anilines is 1. The molecule has 6 heteroatoms. The molecule has 3 N–H and O–H groups in total. The fourth-order valence-corrected chi connectivity index (χ4v) is 2.22. The average molecular weight is 318 g/mol. The first-order valence-corrected chi connectivity index (χ1v) is 7.21. The van der Waals surface area contributed by atoms with Crippen LogP contribution in [0.25, 0.3) is 0 Å². The van der Waals surface area contributed by atoms with Gasteiger partial charge >= 0.3 is 6.03 Å². The van der Waals surface area contributed by atoms with Crippen molar-refractivity contribution in [3.63, 3.8) is 0 Å². The summed E-state index contributed by atoms with van der Waals surface area (Å²) in [6, 6.07) is 12.4. The lowest BCUT2D eigenvalue weighted by Crippen LogP contribution is -2.33. The van der Waals surface area contributed by atoms with E-state index in [0.29, 0.717) is 12.1 Å². The predicted octanol–water partition coefficient (Wildman–Crippen LogP) is 3.08. The number of methoxy groups -OCH3 is 1. The third-order valence-corrected chi connectivity index (χ3v) is 3.34. The van der Waals surface area contributed by atoms with Crippen molar-refractivity contribution in [2.75, 3.05) is 19.0 Å². The molecule has 23 heavy (non-hydrogen) atoms. The van der Waals surface area contributed by atoms with Gasteiger partial charge < -0.3 is 20.5 Å². The monoisotopic (exact) mass is 318 g/mol. The van der Waals surface area contributed by atoms with E-state index in [-0.39, 0.29) is 18.4 Å². The standard InChI is InChI=1S/C17H19FN2O3/c1-23-16-11-13(18)7-8-15(16)20-17(22)19-14(9-10-21)12-5-3-2-4-6-12/h2-8,11,14,21H,9-10H2,1H3,(H2,19,20,22)/t14-/m1/s1. The molecule has 0 aliphatic carbocycles. The highest BCUT2D eigenvalue weighted by Gasteiger charge is 2.15. The van der Waals surface area contributed by atoms with E-state index >= 15 is 0 Å². The zero-order valence-electron chi connectivity index (χ0n) is 12.8. The molecule has 2 rings (SSSR count). The smallest absolute Gasteiger partial charge is 0.319 e. The van der Waals surface area contributed by atoms with Gasteiger partial charge in [0.25, 0.3) is 0 Å². The molecule has 0 radical (unpaired) electrons. The molecule has 0 bridgehead atoms. The van der Waals surface area contributed by atoms with Crippen LogP contribution in [-0.4, -0.2) is 24.9 Å². The maximum absolute atomic E-state index is 13.2. The quantitative estimate of drug-likeness (QED) is 0.766. The van der Waals surface area contributed by atoms with Gasteiger partial charge in [-0.15, -0.1) is 0 Å². The van der Waals surface area contributed by atoms with Crippen LogP contribution in [0.4, 0.5) is 14.9 Å². The molecule has 0 aromatic heterocycles. The van der Waals surface area contributed by atoms with Crippen LogP contribution in [0.1, 0.15) is 18.0 Å². The van der Waals surface area contributed by atoms with Gasteiger partial charge in [-0.3, -0.25) is 0 Å². The number of aliphatic hydroxyl groups is 1. The van der Waals surface area contributed by atoms with Gasteiger partial charge in [0, 0.05) is 12.7 Å². The van der Waals surface area contributed by atoms with Gasteiger partial charge in [-0.25, -0.2) is 9.18 Å². The van der Waals surface area contributed by atoms with E-state index in [1.807, 2.05) is 30.3 Å². The lowest BCUT2D eigenvalue weighted by molar-refractivity contribution is 0.239. The summed E-state index contributed by atoms with van der Waals surface area (Å²) in [6.45, 7) is -0.0558. The number of hydrogen-bond donors (Lipinski definition) is 3. The number of halogens is 1. The van der Waals surface area contributed by atoms with Gasteiger partial charge in [0.1, 0.15) is 11.6 Å². The van der Waals surface area contributed by atoms with Crippen molar-refractivity contribution >= 4 is 11.7 Å². The third-order valence-electron chi connectivity index (χ3n) is 3.34. The van der Waals surface area contributed by atoms with Crippen molar-refractivity contribution in [1.29, 1.82) is 0 Å². The molecule has 2 aromatic rings. The molecule has 0 saturated carbocycles. The molecule has 0 aliphatic heterocycles. The molecule has 2 aromatic carbocycles. The van der Waals surface area contributed by atoms with Crippen molar-refractivity contribution in [3.05, 3.63) is 59.9 Å². The van der Waals surface area contributed by atoms with E-state index < -0.39 is 11.8 Å². The first-order valence-electron chi connectivity index (χ1n) is 7.21. The van der Waals surface area contributed by atoms with Crippen molar-refractivity contribution < 1.29 is 19.0 Å². The minimum Gasteiger partial charge on any atom is -0.494 e. The lowest BCUT2D eigenvalue weighted by atomic mass is 10.0. The number of ether oxygens (including phenoxy) is 1. The highest BCUT2D eigenvalue weighted by Crippen LogP contribution is 2.25. The average Bonchev–Trinajstić information content (AvgIpc) is 2.57. The molecule has 0 spiro atoms. The maximum atomic E-state index is 13.2. The van der Waals surface area contributed by atoms with Crippen LogP contribution >= 0.6 is 0 Å². The van der Waals surface area contributed by atoms with E-state index in [0.717, 1.165) is 5.56 Å². The number of urea groups is 1. The number of aliphatic hydroxyl groups excluding tert-OH is 1. The molecule has 0 saturated heterocycles. The number of carbonyl (C=O) groups excluding carboxylic acids is 1. The minimum atomic E-state index is -0.461. The van der Waals surface area contributed by atoms with E-state index in [9.17, 15) is 14.3 Å². The summed E-state index contributed by atoms with van der Waals surface area (Å²) in [6.07, 6.45) is 0.387. The molecule has 5 nitrogen and oxygen atoms in total. The van der Waals surface area contributed by atoms with Gasteiger partial charge in [-0.1, -0.05) is 30.3 Å². The Hall–Kier alpha value is -2.60. The van der Waals surface area contributed by atoms with Crippen LogP contribution in [0.2, 0.25) is 0 Å². The highest BCUT2D eigenvalue weighted by atomic mass is 19.1. The molecule has 1 atom stereocenters. The van der Waals surface area contributed by atoms with E-state index in [4.69, 9.17) is 4.74 Å². The summed E-state index contributed by atoms with van der Waals surface area (Å²) in [7, 11) is 1.40. The summed E-state index contributed by atoms with van der Waals surface area (Å²) < 4.78 is 18.2. The van der Waals surface area contributed by atoms with E-state index in [1.54, 1.807) is 0 Å². The first kappa shape index (κ1) is 16.8. The Morgan fingerprint density at radius 1 is 1.26 bits per heavy atom. The van der Waals surface area contributed by atoms with Crippen molar-refractivity contribution in [3.8, 4) is 5.75 Å². The highest BCUT2D eigenvalue weighted by molar-refractivity contribution is 5.91. The van der Waals surface area contributed by atoms with Gasteiger partial charge in [0.2, 0.25) is 0 Å². The molecule has 0 unspecified atom stereocenters. The molecular weight excluding hydrogens is 299 g/mol. The maximum Gasteiger partial charge on any atom is 0.319 e. The zero-order valence-corrected chi connectivity index (χ0v) is 12.8. The number of carbonyl (C=O) groups is 1. The Morgan fingerprint density at radius 2 is 2.00 bits per heavy atom. The van der Waals surface area contributed by atoms with Gasteiger partial charge in [-0.2, -0.15) is 0 Å². The Bertz CT molecular complexity index is 650. The van der Waals surface area contributed by atoms with Crippen molar-refractivity contribution in [1.82, 2.24) is 5.32 Å². The predicted molar refractivity (Wildman–Crippen MR) is 86.0 cm³/mol. The van der Waals surface area contributed by atoms with Gasteiger partial charge in [0.05, 0.1) is 18.8 Å². The van der Waals surface area contributed by atoms with Crippen LogP contribution < -0.4 is 15.4 Å². The van der Waals surface area contributed by atoms with Crippen molar-refractivity contribution in [2.45, 2.75) is 12.5 Å². The van der Waals surface area contributed by atoms with Crippen LogP contribution in [0.5, 0.6) is 5.75 Å². The summed E-state index contributed by atoms with van der Waals surface area (Å²) in [5.41, 5.74) is 1.25. The van der Waals surface area contributed by atoms with Gasteiger partial charge in [0.15, 0.2) is 0 Å². The Labute approximate surface area is 134 Å². The molecule has 0 fully saturated rings. The summed E-state index contributed by atoms with van der Waals surface area (Å²) in [5, 5.41) is 14.6. The van der Waals surface area contributed by atoms with Gasteiger partial charge in [-0.05, 0) is 24.1 Å². The third kappa shape index (κ3) is 4.69.